The summed E-state index contributed by atoms with van der Waals surface area (Å²) in [6, 6.07) is 10.5. The van der Waals surface area contributed by atoms with Gasteiger partial charge in [-0.25, -0.2) is 0 Å². The number of amides is 1. The Hall–Kier alpha value is -1.85. The summed E-state index contributed by atoms with van der Waals surface area (Å²) in [4.78, 5) is 16.2. The van der Waals surface area contributed by atoms with Crippen molar-refractivity contribution < 1.29 is 15.0 Å². The second kappa shape index (κ2) is 10.5. The van der Waals surface area contributed by atoms with E-state index < -0.39 is 0 Å². The van der Waals surface area contributed by atoms with Crippen molar-refractivity contribution in [3.05, 3.63) is 36.0 Å². The highest BCUT2D eigenvalue weighted by Gasteiger charge is 2.62. The highest BCUT2D eigenvalue weighted by Crippen LogP contribution is 2.68. The number of H-pyrrole nitrogens is 1. The largest absolute Gasteiger partial charge is 0.393 e. The van der Waals surface area contributed by atoms with Gasteiger partial charge in [-0.3, -0.25) is 4.79 Å². The minimum atomic E-state index is -0.222. The van der Waals surface area contributed by atoms with Crippen molar-refractivity contribution in [1.82, 2.24) is 10.3 Å². The number of hydrogen-bond donors (Lipinski definition) is 4. The molecule has 0 spiro atoms. The summed E-state index contributed by atoms with van der Waals surface area (Å²) in [5.74, 6) is 3.38. The fraction of sp³-hybridized carbons (Fsp3) is 0.735. The van der Waals surface area contributed by atoms with Crippen molar-refractivity contribution in [1.29, 1.82) is 0 Å². The lowest BCUT2D eigenvalue weighted by molar-refractivity contribution is -0.174. The van der Waals surface area contributed by atoms with Crippen molar-refractivity contribution in [2.24, 2.45) is 46.3 Å². The van der Waals surface area contributed by atoms with E-state index in [4.69, 9.17) is 0 Å². The first-order valence-electron chi connectivity index (χ1n) is 15.9. The number of para-hydroxylation sites is 1. The van der Waals surface area contributed by atoms with Crippen LogP contribution in [0.3, 0.4) is 0 Å². The minimum Gasteiger partial charge on any atom is -0.393 e. The molecular formula is C34H50N2O3. The quantitative estimate of drug-likeness (QED) is 0.340. The van der Waals surface area contributed by atoms with Crippen molar-refractivity contribution >= 4 is 16.8 Å². The number of aromatic amines is 1. The molecule has 0 bridgehead atoms. The van der Waals surface area contributed by atoms with Gasteiger partial charge in [0.05, 0.1) is 12.2 Å². The molecule has 2 aromatic rings. The van der Waals surface area contributed by atoms with Gasteiger partial charge < -0.3 is 20.5 Å². The van der Waals surface area contributed by atoms with E-state index in [0.29, 0.717) is 48.5 Å². The van der Waals surface area contributed by atoms with Crippen LogP contribution in [0.4, 0.5) is 0 Å². The van der Waals surface area contributed by atoms with Crippen LogP contribution in [0.5, 0.6) is 0 Å². The van der Waals surface area contributed by atoms with E-state index in [1.807, 2.05) is 6.07 Å². The summed E-state index contributed by atoms with van der Waals surface area (Å²) in [7, 11) is 0. The number of hydrogen-bond acceptors (Lipinski definition) is 3. The van der Waals surface area contributed by atoms with Crippen LogP contribution in [0.15, 0.2) is 30.3 Å². The molecule has 1 amide bonds. The first-order valence-corrected chi connectivity index (χ1v) is 15.9. The van der Waals surface area contributed by atoms with Gasteiger partial charge in [0, 0.05) is 30.6 Å². The molecule has 6 rings (SSSR count). The van der Waals surface area contributed by atoms with Crippen LogP contribution in [0.1, 0.15) is 90.7 Å². The Labute approximate surface area is 234 Å². The lowest BCUT2D eigenvalue weighted by Crippen LogP contribution is -2.58. The summed E-state index contributed by atoms with van der Waals surface area (Å²) in [6.45, 7) is 8.05. The average molecular weight is 535 g/mol. The number of aromatic nitrogens is 1. The van der Waals surface area contributed by atoms with Gasteiger partial charge in [-0.2, -0.15) is 0 Å². The standard InChI is InChI=1S/C34H50N2O3/c1-21(8-11-31(39)35-17-14-24-18-22-6-4-5-7-29(22)36-24)26-9-10-27-32-28(13-16-34(26,27)3)33(2)15-12-25(37)19-23(33)20-30(32)38/h4-7,18,21,23,25-28,30,32,36-38H,8-17,19-20H2,1-3H3,(H,35,39)/t21-,23+,25-,26-,27+,28+,30-,32+,33+,34-/m1/s1. The van der Waals surface area contributed by atoms with Crippen molar-refractivity contribution in [2.75, 3.05) is 6.54 Å². The Morgan fingerprint density at radius 3 is 2.64 bits per heavy atom. The van der Waals surface area contributed by atoms with Gasteiger partial charge in [0.15, 0.2) is 0 Å². The third-order valence-corrected chi connectivity index (χ3v) is 12.5. The molecule has 4 saturated carbocycles. The van der Waals surface area contributed by atoms with Gasteiger partial charge in [0.2, 0.25) is 5.91 Å². The molecule has 5 heteroatoms. The molecule has 1 aromatic heterocycles. The molecule has 0 radical (unpaired) electrons. The van der Waals surface area contributed by atoms with Gasteiger partial charge in [-0.15, -0.1) is 0 Å². The van der Waals surface area contributed by atoms with E-state index in [0.717, 1.165) is 44.0 Å². The fourth-order valence-electron chi connectivity index (χ4n) is 10.4. The number of fused-ring (bicyclic) bond motifs is 6. The Kier molecular flexibility index (Phi) is 7.37. The summed E-state index contributed by atoms with van der Waals surface area (Å²) in [5, 5.41) is 26.2. The molecule has 0 saturated heterocycles. The van der Waals surface area contributed by atoms with Gasteiger partial charge in [0.25, 0.3) is 0 Å². The van der Waals surface area contributed by atoms with Gasteiger partial charge in [-0.1, -0.05) is 39.0 Å². The van der Waals surface area contributed by atoms with Crippen LogP contribution in [-0.4, -0.2) is 39.9 Å². The van der Waals surface area contributed by atoms with E-state index in [1.54, 1.807) is 0 Å². The number of aliphatic hydroxyl groups excluding tert-OH is 2. The maximum Gasteiger partial charge on any atom is 0.220 e. The smallest absolute Gasteiger partial charge is 0.220 e. The lowest BCUT2D eigenvalue weighted by atomic mass is 9.43. The number of nitrogens with one attached hydrogen (secondary N) is 2. The Balaban J connectivity index is 1.03. The topological polar surface area (TPSA) is 85.4 Å². The second-order valence-electron chi connectivity index (χ2n) is 14.5. The summed E-state index contributed by atoms with van der Waals surface area (Å²) in [5.41, 5.74) is 2.86. The van der Waals surface area contributed by atoms with Gasteiger partial charge in [0.1, 0.15) is 0 Å². The first kappa shape index (κ1) is 27.3. The van der Waals surface area contributed by atoms with Crippen LogP contribution in [0, 0.1) is 46.3 Å². The van der Waals surface area contributed by atoms with Gasteiger partial charge >= 0.3 is 0 Å². The predicted octanol–water partition coefficient (Wildman–Crippen LogP) is 6.23. The van der Waals surface area contributed by atoms with E-state index >= 15 is 0 Å². The van der Waals surface area contributed by atoms with E-state index in [2.05, 4.69) is 55.3 Å². The number of aliphatic hydroxyl groups is 2. The normalized spacial score (nSPS) is 40.5. The zero-order chi connectivity index (χ0) is 27.4. The maximum absolute atomic E-state index is 12.7. The molecule has 1 heterocycles. The van der Waals surface area contributed by atoms with Crippen LogP contribution >= 0.6 is 0 Å². The molecule has 4 fully saturated rings. The second-order valence-corrected chi connectivity index (χ2v) is 14.5. The van der Waals surface area contributed by atoms with Crippen molar-refractivity contribution in [2.45, 2.75) is 104 Å². The number of rotatable bonds is 7. The Morgan fingerprint density at radius 2 is 1.82 bits per heavy atom. The van der Waals surface area contributed by atoms with E-state index in [1.165, 1.54) is 36.8 Å². The summed E-state index contributed by atoms with van der Waals surface area (Å²) in [6.07, 6.45) is 10.7. The molecule has 39 heavy (non-hydrogen) atoms. The molecule has 4 N–H and O–H groups in total. The maximum atomic E-state index is 12.7. The highest BCUT2D eigenvalue weighted by molar-refractivity contribution is 5.80. The number of carbonyl (C=O) groups is 1. The van der Waals surface area contributed by atoms with Crippen LogP contribution < -0.4 is 5.32 Å². The number of carbonyl (C=O) groups excluding carboxylic acids is 1. The zero-order valence-corrected chi connectivity index (χ0v) is 24.3. The molecule has 0 unspecified atom stereocenters. The number of benzene rings is 1. The SMILES string of the molecule is C[C@H](CCC(=O)NCCc1cc2ccccc2[nH]1)[C@H]1CC[C@H]2[C@@H]3[C@H](O)C[C@@H]4C[C@H](O)CC[C@]4(C)[C@H]3CC[C@]12C. The molecular weight excluding hydrogens is 484 g/mol. The summed E-state index contributed by atoms with van der Waals surface area (Å²) >= 11 is 0. The first-order chi connectivity index (χ1) is 18.7. The highest BCUT2D eigenvalue weighted by atomic mass is 16.3. The monoisotopic (exact) mass is 534 g/mol. The van der Waals surface area contributed by atoms with Crippen LogP contribution in [0.2, 0.25) is 0 Å². The third-order valence-electron chi connectivity index (χ3n) is 12.5. The third kappa shape index (κ3) is 4.86. The van der Waals surface area contributed by atoms with Crippen LogP contribution in [0.25, 0.3) is 10.9 Å². The van der Waals surface area contributed by atoms with Crippen molar-refractivity contribution in [3.8, 4) is 0 Å². The fourth-order valence-corrected chi connectivity index (χ4v) is 10.4. The zero-order valence-electron chi connectivity index (χ0n) is 24.3. The molecule has 10 atom stereocenters. The molecule has 0 aliphatic heterocycles. The van der Waals surface area contributed by atoms with Crippen LogP contribution in [-0.2, 0) is 11.2 Å². The molecule has 214 valence electrons. The Morgan fingerprint density at radius 1 is 1.05 bits per heavy atom. The molecule has 1 aromatic carbocycles. The van der Waals surface area contributed by atoms with E-state index in [-0.39, 0.29) is 28.9 Å². The van der Waals surface area contributed by atoms with Gasteiger partial charge in [-0.05, 0) is 122 Å². The predicted molar refractivity (Wildman–Crippen MR) is 156 cm³/mol. The molecule has 4 aliphatic carbocycles. The van der Waals surface area contributed by atoms with Crippen molar-refractivity contribution in [3.63, 3.8) is 0 Å². The molecule has 5 nitrogen and oxygen atoms in total. The Bertz CT molecular complexity index is 1140. The average Bonchev–Trinajstić information content (AvgIpc) is 3.48. The van der Waals surface area contributed by atoms with E-state index in [9.17, 15) is 15.0 Å². The lowest BCUT2D eigenvalue weighted by Gasteiger charge is -2.62. The summed E-state index contributed by atoms with van der Waals surface area (Å²) < 4.78 is 0. The molecule has 4 aliphatic rings. The minimum absolute atomic E-state index is 0.169.